The van der Waals surface area contributed by atoms with E-state index in [1.165, 1.54) is 11.4 Å². The summed E-state index contributed by atoms with van der Waals surface area (Å²) >= 11 is 0. The van der Waals surface area contributed by atoms with E-state index in [0.717, 1.165) is 39.3 Å². The van der Waals surface area contributed by atoms with Gasteiger partial charge >= 0.3 is 0 Å². The van der Waals surface area contributed by atoms with Gasteiger partial charge < -0.3 is 4.74 Å². The number of morpholine rings is 1. The second-order valence-corrected chi connectivity index (χ2v) is 3.86. The van der Waals surface area contributed by atoms with Crippen molar-refractivity contribution in [1.82, 2.24) is 9.88 Å². The second-order valence-electron chi connectivity index (χ2n) is 3.86. The van der Waals surface area contributed by atoms with E-state index in [1.807, 2.05) is 0 Å². The van der Waals surface area contributed by atoms with Crippen molar-refractivity contribution in [3.05, 3.63) is 29.6 Å². The SMILES string of the molecule is CCc1cccc(CN2CCOCC2)n1. The van der Waals surface area contributed by atoms with Gasteiger partial charge in [0.15, 0.2) is 0 Å². The summed E-state index contributed by atoms with van der Waals surface area (Å²) in [4.78, 5) is 7.00. The molecule has 0 N–H and O–H groups in total. The fourth-order valence-electron chi connectivity index (χ4n) is 1.80. The van der Waals surface area contributed by atoms with Crippen LogP contribution >= 0.6 is 0 Å². The second kappa shape index (κ2) is 5.24. The van der Waals surface area contributed by atoms with E-state index >= 15 is 0 Å². The molecule has 0 radical (unpaired) electrons. The number of aryl methyl sites for hydroxylation is 1. The molecule has 0 unspecified atom stereocenters. The minimum atomic E-state index is 0.855. The Morgan fingerprint density at radius 3 is 2.73 bits per heavy atom. The molecular weight excluding hydrogens is 188 g/mol. The van der Waals surface area contributed by atoms with E-state index in [1.54, 1.807) is 0 Å². The normalized spacial score (nSPS) is 17.9. The topological polar surface area (TPSA) is 25.4 Å². The van der Waals surface area contributed by atoms with Crippen molar-refractivity contribution in [2.24, 2.45) is 0 Å². The molecule has 1 aromatic heterocycles. The van der Waals surface area contributed by atoms with Gasteiger partial charge in [0.1, 0.15) is 0 Å². The average Bonchev–Trinajstić information content (AvgIpc) is 2.31. The third-order valence-corrected chi connectivity index (χ3v) is 2.72. The first-order valence-electron chi connectivity index (χ1n) is 5.63. The number of hydrogen-bond donors (Lipinski definition) is 0. The molecular formula is C12H18N2O. The van der Waals surface area contributed by atoms with Crippen molar-refractivity contribution < 1.29 is 4.74 Å². The van der Waals surface area contributed by atoms with Crippen LogP contribution in [0.3, 0.4) is 0 Å². The summed E-state index contributed by atoms with van der Waals surface area (Å²) < 4.78 is 5.32. The van der Waals surface area contributed by atoms with Crippen LogP contribution in [0.1, 0.15) is 18.3 Å². The molecule has 0 atom stereocenters. The molecule has 0 bridgehead atoms. The predicted molar refractivity (Wildman–Crippen MR) is 59.7 cm³/mol. The van der Waals surface area contributed by atoms with Crippen LogP contribution in [0, 0.1) is 0 Å². The average molecular weight is 206 g/mol. The Balaban J connectivity index is 1.96. The van der Waals surface area contributed by atoms with Crippen molar-refractivity contribution in [1.29, 1.82) is 0 Å². The van der Waals surface area contributed by atoms with Gasteiger partial charge in [-0.05, 0) is 18.6 Å². The van der Waals surface area contributed by atoms with E-state index in [4.69, 9.17) is 4.74 Å². The van der Waals surface area contributed by atoms with E-state index < -0.39 is 0 Å². The molecule has 1 aliphatic rings. The van der Waals surface area contributed by atoms with Gasteiger partial charge in [0, 0.05) is 25.3 Å². The summed E-state index contributed by atoms with van der Waals surface area (Å²) in [7, 11) is 0. The highest BCUT2D eigenvalue weighted by Gasteiger charge is 2.11. The van der Waals surface area contributed by atoms with Crippen molar-refractivity contribution >= 4 is 0 Å². The number of hydrogen-bond acceptors (Lipinski definition) is 3. The fourth-order valence-corrected chi connectivity index (χ4v) is 1.80. The lowest BCUT2D eigenvalue weighted by atomic mass is 10.2. The Hall–Kier alpha value is -0.930. The predicted octanol–water partition coefficient (Wildman–Crippen LogP) is 1.48. The summed E-state index contributed by atoms with van der Waals surface area (Å²) in [6, 6.07) is 6.29. The molecule has 82 valence electrons. The summed E-state index contributed by atoms with van der Waals surface area (Å²) in [5.41, 5.74) is 2.36. The first-order valence-corrected chi connectivity index (χ1v) is 5.63. The first-order chi connectivity index (χ1) is 7.38. The molecule has 3 nitrogen and oxygen atoms in total. The Bertz CT molecular complexity index is 308. The monoisotopic (exact) mass is 206 g/mol. The van der Waals surface area contributed by atoms with Crippen LogP contribution in [0.4, 0.5) is 0 Å². The molecule has 0 amide bonds. The van der Waals surface area contributed by atoms with E-state index in [9.17, 15) is 0 Å². The maximum atomic E-state index is 5.32. The van der Waals surface area contributed by atoms with E-state index in [-0.39, 0.29) is 0 Å². The molecule has 2 rings (SSSR count). The standard InChI is InChI=1S/C12H18N2O/c1-2-11-4-3-5-12(13-11)10-14-6-8-15-9-7-14/h3-5H,2,6-10H2,1H3. The lowest BCUT2D eigenvalue weighted by Gasteiger charge is -2.26. The van der Waals surface area contributed by atoms with E-state index in [2.05, 4.69) is 35.0 Å². The lowest BCUT2D eigenvalue weighted by molar-refractivity contribution is 0.0336. The fraction of sp³-hybridized carbons (Fsp3) is 0.583. The Morgan fingerprint density at radius 2 is 2.00 bits per heavy atom. The maximum Gasteiger partial charge on any atom is 0.0594 e. The largest absolute Gasteiger partial charge is 0.379 e. The van der Waals surface area contributed by atoms with E-state index in [0.29, 0.717) is 0 Å². The Morgan fingerprint density at radius 1 is 1.27 bits per heavy atom. The zero-order valence-corrected chi connectivity index (χ0v) is 9.28. The smallest absolute Gasteiger partial charge is 0.0594 e. The van der Waals surface area contributed by atoms with Gasteiger partial charge in [-0.25, -0.2) is 0 Å². The third kappa shape index (κ3) is 3.01. The molecule has 1 fully saturated rings. The number of pyridine rings is 1. The number of rotatable bonds is 3. The van der Waals surface area contributed by atoms with Gasteiger partial charge in [-0.15, -0.1) is 0 Å². The molecule has 0 aliphatic carbocycles. The van der Waals surface area contributed by atoms with Crippen LogP contribution in [-0.4, -0.2) is 36.2 Å². The zero-order chi connectivity index (χ0) is 10.5. The van der Waals surface area contributed by atoms with Crippen molar-refractivity contribution in [3.8, 4) is 0 Å². The van der Waals surface area contributed by atoms with Gasteiger partial charge in [-0.3, -0.25) is 9.88 Å². The molecule has 0 spiro atoms. The summed E-state index contributed by atoms with van der Waals surface area (Å²) in [6.07, 6.45) is 1.01. The number of aromatic nitrogens is 1. The molecule has 3 heteroatoms. The van der Waals surface area contributed by atoms with Gasteiger partial charge in [0.25, 0.3) is 0 Å². The number of ether oxygens (including phenoxy) is 1. The highest BCUT2D eigenvalue weighted by atomic mass is 16.5. The summed E-state index contributed by atoms with van der Waals surface area (Å²) in [5, 5.41) is 0. The summed E-state index contributed by atoms with van der Waals surface area (Å²) in [5.74, 6) is 0. The molecule has 1 saturated heterocycles. The van der Waals surface area contributed by atoms with Crippen LogP contribution in [-0.2, 0) is 17.7 Å². The minimum absolute atomic E-state index is 0.855. The van der Waals surface area contributed by atoms with Crippen LogP contribution in [0.2, 0.25) is 0 Å². The zero-order valence-electron chi connectivity index (χ0n) is 9.28. The first kappa shape index (κ1) is 10.6. The Kier molecular flexibility index (Phi) is 3.69. The highest BCUT2D eigenvalue weighted by Crippen LogP contribution is 2.06. The molecule has 15 heavy (non-hydrogen) atoms. The maximum absolute atomic E-state index is 5.32. The molecule has 1 aliphatic heterocycles. The lowest BCUT2D eigenvalue weighted by Crippen LogP contribution is -2.35. The highest BCUT2D eigenvalue weighted by molar-refractivity contribution is 5.11. The third-order valence-electron chi connectivity index (χ3n) is 2.72. The van der Waals surface area contributed by atoms with Gasteiger partial charge in [0.05, 0.1) is 18.9 Å². The van der Waals surface area contributed by atoms with Crippen LogP contribution < -0.4 is 0 Å². The number of nitrogens with zero attached hydrogens (tertiary/aromatic N) is 2. The van der Waals surface area contributed by atoms with Gasteiger partial charge in [-0.1, -0.05) is 13.0 Å². The molecule has 0 aromatic carbocycles. The van der Waals surface area contributed by atoms with Crippen LogP contribution in [0.15, 0.2) is 18.2 Å². The quantitative estimate of drug-likeness (QED) is 0.749. The van der Waals surface area contributed by atoms with Gasteiger partial charge in [-0.2, -0.15) is 0 Å². The van der Waals surface area contributed by atoms with Gasteiger partial charge in [0.2, 0.25) is 0 Å². The Labute approximate surface area is 91.1 Å². The molecule has 2 heterocycles. The van der Waals surface area contributed by atoms with Crippen molar-refractivity contribution in [2.45, 2.75) is 19.9 Å². The molecule has 0 saturated carbocycles. The minimum Gasteiger partial charge on any atom is -0.379 e. The van der Waals surface area contributed by atoms with Crippen LogP contribution in [0.5, 0.6) is 0 Å². The van der Waals surface area contributed by atoms with Crippen molar-refractivity contribution in [2.75, 3.05) is 26.3 Å². The van der Waals surface area contributed by atoms with Crippen molar-refractivity contribution in [3.63, 3.8) is 0 Å². The van der Waals surface area contributed by atoms with Crippen LogP contribution in [0.25, 0.3) is 0 Å². The summed E-state index contributed by atoms with van der Waals surface area (Å²) in [6.45, 7) is 6.86. The molecule has 1 aromatic rings.